The monoisotopic (exact) mass is 316 g/mol. The molecule has 0 bridgehead atoms. The van der Waals surface area contributed by atoms with Gasteiger partial charge >= 0.3 is 6.18 Å². The Morgan fingerprint density at radius 1 is 1.45 bits per heavy atom. The standard InChI is InChI=1S/C15H19F3N2O2/c1-10-7-12(4-5-13(10)22-9-15(16,17)18)20-14(21)11-3-2-6-19-8-11/h4-5,7,11,19H,2-3,6,8-9H2,1H3,(H,20,21). The molecule has 1 unspecified atom stereocenters. The van der Waals surface area contributed by atoms with E-state index in [1.165, 1.54) is 6.07 Å². The summed E-state index contributed by atoms with van der Waals surface area (Å²) in [5, 5.41) is 5.96. The van der Waals surface area contributed by atoms with E-state index in [1.807, 2.05) is 0 Å². The smallest absolute Gasteiger partial charge is 0.422 e. The second-order valence-corrected chi connectivity index (χ2v) is 5.42. The first-order valence-electron chi connectivity index (χ1n) is 7.17. The van der Waals surface area contributed by atoms with Crippen LogP contribution in [0.2, 0.25) is 0 Å². The molecule has 2 N–H and O–H groups in total. The fourth-order valence-electron chi connectivity index (χ4n) is 2.37. The molecule has 1 amide bonds. The number of hydrogen-bond donors (Lipinski definition) is 2. The number of benzene rings is 1. The number of carbonyl (C=O) groups is 1. The highest BCUT2D eigenvalue weighted by atomic mass is 19.4. The lowest BCUT2D eigenvalue weighted by Gasteiger charge is -2.22. The van der Waals surface area contributed by atoms with Gasteiger partial charge < -0.3 is 15.4 Å². The van der Waals surface area contributed by atoms with E-state index in [2.05, 4.69) is 10.6 Å². The molecule has 4 nitrogen and oxygen atoms in total. The summed E-state index contributed by atoms with van der Waals surface area (Å²) in [6, 6.07) is 4.60. The molecule has 0 spiro atoms. The minimum absolute atomic E-state index is 0.0736. The van der Waals surface area contributed by atoms with Gasteiger partial charge in [0.2, 0.25) is 5.91 Å². The Morgan fingerprint density at radius 3 is 2.82 bits per heavy atom. The number of carbonyl (C=O) groups excluding carboxylic acids is 1. The first-order chi connectivity index (χ1) is 10.3. The Balaban J connectivity index is 1.95. The van der Waals surface area contributed by atoms with Crippen LogP contribution < -0.4 is 15.4 Å². The summed E-state index contributed by atoms with van der Waals surface area (Å²) in [7, 11) is 0. The molecule has 2 rings (SSSR count). The maximum Gasteiger partial charge on any atom is 0.422 e. The molecule has 0 aliphatic carbocycles. The molecule has 1 atom stereocenters. The first kappa shape index (κ1) is 16.6. The van der Waals surface area contributed by atoms with Gasteiger partial charge in [-0.05, 0) is 50.1 Å². The molecule has 7 heteroatoms. The van der Waals surface area contributed by atoms with E-state index in [0.29, 0.717) is 17.8 Å². The Kier molecular flexibility index (Phi) is 5.28. The van der Waals surface area contributed by atoms with Crippen LogP contribution in [0, 0.1) is 12.8 Å². The number of alkyl halides is 3. The van der Waals surface area contributed by atoms with E-state index in [4.69, 9.17) is 4.74 Å². The highest BCUT2D eigenvalue weighted by Crippen LogP contribution is 2.25. The van der Waals surface area contributed by atoms with Crippen LogP contribution >= 0.6 is 0 Å². The molecular formula is C15H19F3N2O2. The van der Waals surface area contributed by atoms with Crippen LogP contribution in [0.15, 0.2) is 18.2 Å². The Bertz CT molecular complexity index is 526. The third-order valence-corrected chi connectivity index (χ3v) is 3.50. The fraction of sp³-hybridized carbons (Fsp3) is 0.533. The zero-order chi connectivity index (χ0) is 16.2. The predicted octanol–water partition coefficient (Wildman–Crippen LogP) is 2.87. The average Bonchev–Trinajstić information content (AvgIpc) is 2.46. The molecule has 0 aromatic heterocycles. The van der Waals surface area contributed by atoms with Crippen LogP contribution in [0.3, 0.4) is 0 Å². The molecule has 1 saturated heterocycles. The third-order valence-electron chi connectivity index (χ3n) is 3.50. The first-order valence-corrected chi connectivity index (χ1v) is 7.17. The minimum Gasteiger partial charge on any atom is -0.484 e. The summed E-state index contributed by atoms with van der Waals surface area (Å²) in [6.45, 7) is 1.89. The van der Waals surface area contributed by atoms with Crippen molar-refractivity contribution in [1.82, 2.24) is 5.32 Å². The zero-order valence-corrected chi connectivity index (χ0v) is 12.3. The quantitative estimate of drug-likeness (QED) is 0.898. The van der Waals surface area contributed by atoms with Crippen molar-refractivity contribution in [2.75, 3.05) is 25.0 Å². The molecule has 122 valence electrons. The van der Waals surface area contributed by atoms with E-state index >= 15 is 0 Å². The molecule has 0 saturated carbocycles. The summed E-state index contributed by atoms with van der Waals surface area (Å²) >= 11 is 0. The van der Waals surface area contributed by atoms with Gasteiger partial charge in [0, 0.05) is 12.2 Å². The van der Waals surface area contributed by atoms with Gasteiger partial charge in [-0.25, -0.2) is 0 Å². The number of nitrogens with one attached hydrogen (secondary N) is 2. The Hall–Kier alpha value is -1.76. The summed E-state index contributed by atoms with van der Waals surface area (Å²) in [5.41, 5.74) is 1.11. The number of halogens is 3. The number of piperidine rings is 1. The topological polar surface area (TPSA) is 50.4 Å². The van der Waals surface area contributed by atoms with Crippen LogP contribution in [0.4, 0.5) is 18.9 Å². The molecule has 1 aliphatic heterocycles. The molecular weight excluding hydrogens is 297 g/mol. The number of aryl methyl sites for hydroxylation is 1. The van der Waals surface area contributed by atoms with Crippen LogP contribution in [-0.4, -0.2) is 31.8 Å². The van der Waals surface area contributed by atoms with Gasteiger partial charge in [-0.1, -0.05) is 0 Å². The SMILES string of the molecule is Cc1cc(NC(=O)C2CCCNC2)ccc1OCC(F)(F)F. The molecule has 1 aliphatic rings. The van der Waals surface area contributed by atoms with Crippen molar-refractivity contribution in [3.05, 3.63) is 23.8 Å². The summed E-state index contributed by atoms with van der Waals surface area (Å²) in [5.74, 6) is 0.0143. The second-order valence-electron chi connectivity index (χ2n) is 5.42. The second kappa shape index (κ2) is 7.00. The summed E-state index contributed by atoms with van der Waals surface area (Å²) in [6.07, 6.45) is -2.57. The number of rotatable bonds is 4. The van der Waals surface area contributed by atoms with Gasteiger partial charge in [0.15, 0.2) is 6.61 Å². The van der Waals surface area contributed by atoms with Crippen LogP contribution in [0.5, 0.6) is 5.75 Å². The number of amides is 1. The number of ether oxygens (including phenoxy) is 1. The fourth-order valence-corrected chi connectivity index (χ4v) is 2.37. The zero-order valence-electron chi connectivity index (χ0n) is 12.3. The summed E-state index contributed by atoms with van der Waals surface area (Å²) < 4.78 is 41.2. The highest BCUT2D eigenvalue weighted by molar-refractivity contribution is 5.92. The van der Waals surface area contributed by atoms with Crippen molar-refractivity contribution in [3.8, 4) is 5.75 Å². The average molecular weight is 316 g/mol. The molecule has 1 aromatic rings. The van der Waals surface area contributed by atoms with Gasteiger partial charge in [0.25, 0.3) is 0 Å². The largest absolute Gasteiger partial charge is 0.484 e. The number of hydrogen-bond acceptors (Lipinski definition) is 3. The van der Waals surface area contributed by atoms with Crippen LogP contribution in [-0.2, 0) is 4.79 Å². The van der Waals surface area contributed by atoms with Crippen molar-refractivity contribution < 1.29 is 22.7 Å². The van der Waals surface area contributed by atoms with Crippen molar-refractivity contribution in [3.63, 3.8) is 0 Å². The van der Waals surface area contributed by atoms with Gasteiger partial charge in [0.05, 0.1) is 5.92 Å². The third kappa shape index (κ3) is 4.91. The van der Waals surface area contributed by atoms with E-state index in [9.17, 15) is 18.0 Å². The minimum atomic E-state index is -4.37. The molecule has 0 radical (unpaired) electrons. The van der Waals surface area contributed by atoms with E-state index in [0.717, 1.165) is 19.4 Å². The van der Waals surface area contributed by atoms with Crippen molar-refractivity contribution in [2.24, 2.45) is 5.92 Å². The summed E-state index contributed by atoms with van der Waals surface area (Å²) in [4.78, 5) is 12.1. The maximum absolute atomic E-state index is 12.1. The van der Waals surface area contributed by atoms with Crippen molar-refractivity contribution in [1.29, 1.82) is 0 Å². The normalized spacial score (nSPS) is 18.8. The van der Waals surface area contributed by atoms with Gasteiger partial charge in [-0.2, -0.15) is 13.2 Å². The molecule has 1 heterocycles. The van der Waals surface area contributed by atoms with Gasteiger partial charge in [-0.3, -0.25) is 4.79 Å². The van der Waals surface area contributed by atoms with E-state index < -0.39 is 12.8 Å². The highest BCUT2D eigenvalue weighted by Gasteiger charge is 2.28. The number of anilines is 1. The van der Waals surface area contributed by atoms with Gasteiger partial charge in [0.1, 0.15) is 5.75 Å². The molecule has 22 heavy (non-hydrogen) atoms. The lowest BCUT2D eigenvalue weighted by atomic mass is 9.99. The van der Waals surface area contributed by atoms with E-state index in [1.54, 1.807) is 19.1 Å². The van der Waals surface area contributed by atoms with Crippen LogP contribution in [0.25, 0.3) is 0 Å². The lowest BCUT2D eigenvalue weighted by molar-refractivity contribution is -0.153. The van der Waals surface area contributed by atoms with E-state index in [-0.39, 0.29) is 17.6 Å². The van der Waals surface area contributed by atoms with Crippen molar-refractivity contribution in [2.45, 2.75) is 25.9 Å². The maximum atomic E-state index is 12.1. The van der Waals surface area contributed by atoms with Crippen molar-refractivity contribution >= 4 is 11.6 Å². The Labute approximate surface area is 127 Å². The molecule has 1 fully saturated rings. The predicted molar refractivity (Wildman–Crippen MR) is 77.0 cm³/mol. The van der Waals surface area contributed by atoms with Crippen LogP contribution in [0.1, 0.15) is 18.4 Å². The lowest BCUT2D eigenvalue weighted by Crippen LogP contribution is -2.37. The molecule has 1 aromatic carbocycles. The van der Waals surface area contributed by atoms with Gasteiger partial charge in [-0.15, -0.1) is 0 Å². The Morgan fingerprint density at radius 2 is 2.23 bits per heavy atom.